The third-order valence-electron chi connectivity index (χ3n) is 8.27. The molecular weight excluding hydrogens is 618 g/mol. The third kappa shape index (κ3) is 9.13. The number of carbonyl (C=O) groups is 2. The maximum absolute atomic E-state index is 13.5. The van der Waals surface area contributed by atoms with Crippen LogP contribution in [0.3, 0.4) is 0 Å². The Balaban J connectivity index is 1.16. The number of para-hydroxylation sites is 1. The molecule has 0 spiro atoms. The molecule has 5 rings (SSSR count). The summed E-state index contributed by atoms with van der Waals surface area (Å²) in [4.78, 5) is 38.3. The Morgan fingerprint density at radius 3 is 2.39 bits per heavy atom. The van der Waals surface area contributed by atoms with Gasteiger partial charge in [0.25, 0.3) is 0 Å². The fraction of sp³-hybridized carbons (Fsp3) is 0.389. The maximum Gasteiger partial charge on any atom is 0.233 e. The molecule has 3 aromatic carbocycles. The quantitative estimate of drug-likeness (QED) is 0.135. The predicted octanol–water partition coefficient (Wildman–Crippen LogP) is 7.41. The van der Waals surface area contributed by atoms with Gasteiger partial charge in [0.2, 0.25) is 11.9 Å². The van der Waals surface area contributed by atoms with Crippen molar-refractivity contribution in [3.05, 3.63) is 88.9 Å². The highest BCUT2D eigenvalue weighted by atomic mass is 35.5. The first-order chi connectivity index (χ1) is 22.3. The van der Waals surface area contributed by atoms with E-state index in [0.29, 0.717) is 41.4 Å². The molecule has 1 aliphatic carbocycles. The van der Waals surface area contributed by atoms with E-state index in [-0.39, 0.29) is 24.2 Å². The Kier molecular flexibility index (Phi) is 11.8. The van der Waals surface area contributed by atoms with Crippen LogP contribution >= 0.6 is 23.4 Å². The number of hydrogen-bond donors (Lipinski definition) is 2. The number of benzene rings is 3. The van der Waals surface area contributed by atoms with Gasteiger partial charge in [-0.1, -0.05) is 35.9 Å². The summed E-state index contributed by atoms with van der Waals surface area (Å²) in [5, 5.41) is 7.93. The van der Waals surface area contributed by atoms with Gasteiger partial charge in [0, 0.05) is 54.8 Å². The number of nitrogens with zero attached hydrogens (tertiary/aromatic N) is 3. The maximum atomic E-state index is 13.5. The number of nitrogens with one attached hydrogen (secondary N) is 2. The number of halogens is 1. The average Bonchev–Trinajstić information content (AvgIpc) is 3.07. The Morgan fingerprint density at radius 1 is 0.978 bits per heavy atom. The Bertz CT molecular complexity index is 1610. The van der Waals surface area contributed by atoms with Crippen molar-refractivity contribution < 1.29 is 14.3 Å². The van der Waals surface area contributed by atoms with Crippen LogP contribution < -0.4 is 20.3 Å². The van der Waals surface area contributed by atoms with E-state index in [2.05, 4.69) is 10.6 Å². The van der Waals surface area contributed by atoms with Gasteiger partial charge in [-0.15, -0.1) is 11.8 Å². The van der Waals surface area contributed by atoms with Crippen LogP contribution in [0, 0.1) is 5.92 Å². The lowest BCUT2D eigenvalue weighted by molar-refractivity contribution is -0.120. The van der Waals surface area contributed by atoms with E-state index < -0.39 is 5.25 Å². The molecule has 1 amide bonds. The van der Waals surface area contributed by atoms with Crippen LogP contribution in [0.1, 0.15) is 54.9 Å². The van der Waals surface area contributed by atoms with Gasteiger partial charge < -0.3 is 20.3 Å². The zero-order valence-corrected chi connectivity index (χ0v) is 28.2. The van der Waals surface area contributed by atoms with Crippen LogP contribution in [0.15, 0.2) is 72.8 Å². The average molecular weight is 660 g/mol. The Hall–Kier alpha value is -3.82. The van der Waals surface area contributed by atoms with Crippen molar-refractivity contribution in [2.45, 2.75) is 56.1 Å². The minimum atomic E-state index is -0.510. The minimum Gasteiger partial charge on any atom is -0.494 e. The van der Waals surface area contributed by atoms with Gasteiger partial charge in [-0.05, 0) is 92.6 Å². The lowest BCUT2D eigenvalue weighted by Crippen LogP contribution is -2.39. The summed E-state index contributed by atoms with van der Waals surface area (Å²) >= 11 is 7.55. The fourth-order valence-corrected chi connectivity index (χ4v) is 6.93. The van der Waals surface area contributed by atoms with Crippen molar-refractivity contribution in [3.63, 3.8) is 0 Å². The third-order valence-corrected chi connectivity index (χ3v) is 9.80. The number of rotatable bonds is 14. The molecule has 8 nitrogen and oxygen atoms in total. The molecule has 1 saturated carbocycles. The molecule has 10 heteroatoms. The molecule has 1 heterocycles. The first-order valence-electron chi connectivity index (χ1n) is 15.9. The number of amides is 1. The lowest BCUT2D eigenvalue weighted by Gasteiger charge is -2.30. The topological polar surface area (TPSA) is 96.5 Å². The standard InChI is InChI=1S/C36H42ClN5O3S/c1-4-45-29-19-13-26(14-20-29)32(43)21-33(46-23-25-9-15-27(37)16-10-25)35(44)38-22-24-11-17-28(18-12-24)39-36-40-31-8-6-5-7-30(31)34(41-36)42(2)3/h5-10,13-16,19-20,24,28,33H,4,11-12,17-18,21-23H2,1-3H3,(H,38,44)(H,39,40,41)/t24-,28+,33?. The monoisotopic (exact) mass is 659 g/mol. The van der Waals surface area contributed by atoms with Crippen molar-refractivity contribution in [1.82, 2.24) is 15.3 Å². The van der Waals surface area contributed by atoms with Crippen molar-refractivity contribution in [1.29, 1.82) is 0 Å². The van der Waals surface area contributed by atoms with Crippen LogP contribution in [-0.2, 0) is 10.5 Å². The molecule has 1 atom stereocenters. The Morgan fingerprint density at radius 2 is 1.70 bits per heavy atom. The molecule has 0 saturated heterocycles. The number of anilines is 2. The zero-order chi connectivity index (χ0) is 32.5. The van der Waals surface area contributed by atoms with E-state index in [4.69, 9.17) is 26.3 Å². The summed E-state index contributed by atoms with van der Waals surface area (Å²) < 4.78 is 5.51. The first-order valence-corrected chi connectivity index (χ1v) is 17.3. The molecule has 2 N–H and O–H groups in total. The number of thioether (sulfide) groups is 1. The van der Waals surface area contributed by atoms with Gasteiger partial charge in [-0.25, -0.2) is 4.98 Å². The van der Waals surface area contributed by atoms with E-state index in [1.165, 1.54) is 11.8 Å². The van der Waals surface area contributed by atoms with Crippen molar-refractivity contribution >= 4 is 57.7 Å². The van der Waals surface area contributed by atoms with Gasteiger partial charge in [-0.2, -0.15) is 4.98 Å². The van der Waals surface area contributed by atoms with E-state index in [0.717, 1.165) is 53.7 Å². The highest BCUT2D eigenvalue weighted by Gasteiger charge is 2.26. The number of ketones is 1. The van der Waals surface area contributed by atoms with E-state index >= 15 is 0 Å². The van der Waals surface area contributed by atoms with Gasteiger partial charge in [0.1, 0.15) is 11.6 Å². The Labute approximate surface area is 280 Å². The summed E-state index contributed by atoms with van der Waals surface area (Å²) in [7, 11) is 3.99. The second-order valence-electron chi connectivity index (χ2n) is 11.9. The minimum absolute atomic E-state index is 0.0632. The molecule has 0 bridgehead atoms. The number of fused-ring (bicyclic) bond motifs is 1. The summed E-state index contributed by atoms with van der Waals surface area (Å²) in [5.74, 6) is 3.09. The summed E-state index contributed by atoms with van der Waals surface area (Å²) in [6, 6.07) is 23.1. The number of carbonyl (C=O) groups excluding carboxylic acids is 2. The molecule has 242 valence electrons. The smallest absolute Gasteiger partial charge is 0.233 e. The normalized spacial score (nSPS) is 16.9. The molecule has 4 aromatic rings. The summed E-state index contributed by atoms with van der Waals surface area (Å²) in [5.41, 5.74) is 2.55. The van der Waals surface area contributed by atoms with Crippen LogP contribution in [0.25, 0.3) is 10.9 Å². The highest BCUT2D eigenvalue weighted by Crippen LogP contribution is 2.29. The number of hydrogen-bond acceptors (Lipinski definition) is 8. The molecule has 1 unspecified atom stereocenters. The van der Waals surface area contributed by atoms with Crippen molar-refractivity contribution in [2.75, 3.05) is 37.5 Å². The predicted molar refractivity (Wildman–Crippen MR) is 189 cm³/mol. The second kappa shape index (κ2) is 16.1. The van der Waals surface area contributed by atoms with Gasteiger partial charge >= 0.3 is 0 Å². The van der Waals surface area contributed by atoms with Crippen LogP contribution in [0.5, 0.6) is 5.75 Å². The zero-order valence-electron chi connectivity index (χ0n) is 26.7. The molecule has 1 aliphatic rings. The SMILES string of the molecule is CCOc1ccc(C(=O)CC(SCc2ccc(Cl)cc2)C(=O)NC[C@H]2CC[C@@H](Nc3nc(N(C)C)c4ccccc4n3)CC2)cc1. The van der Waals surface area contributed by atoms with Gasteiger partial charge in [-0.3, -0.25) is 9.59 Å². The van der Waals surface area contributed by atoms with Crippen molar-refractivity contribution in [2.24, 2.45) is 5.92 Å². The summed E-state index contributed by atoms with van der Waals surface area (Å²) in [6.45, 7) is 3.08. The number of aromatic nitrogens is 2. The summed E-state index contributed by atoms with van der Waals surface area (Å²) in [6.07, 6.45) is 4.03. The molecule has 0 radical (unpaired) electrons. The molecule has 1 aromatic heterocycles. The van der Waals surface area contributed by atoms with Crippen molar-refractivity contribution in [3.8, 4) is 5.75 Å². The van der Waals surface area contributed by atoms with E-state index in [1.54, 1.807) is 24.3 Å². The fourth-order valence-electron chi connectivity index (χ4n) is 5.71. The van der Waals surface area contributed by atoms with Gasteiger partial charge in [0.15, 0.2) is 5.78 Å². The van der Waals surface area contributed by atoms with Crippen LogP contribution in [0.2, 0.25) is 5.02 Å². The number of Topliss-reactive ketones (excluding diaryl/α,β-unsaturated/α-hetero) is 1. The lowest BCUT2D eigenvalue weighted by atomic mass is 9.86. The van der Waals surface area contributed by atoms with Crippen LogP contribution in [-0.4, -0.2) is 60.2 Å². The molecular formula is C36H42ClN5O3S. The second-order valence-corrected chi connectivity index (χ2v) is 13.5. The van der Waals surface area contributed by atoms with Crippen LogP contribution in [0.4, 0.5) is 11.8 Å². The number of ether oxygens (including phenoxy) is 1. The molecule has 0 aliphatic heterocycles. The molecule has 1 fully saturated rings. The first kappa shape index (κ1) is 33.5. The largest absolute Gasteiger partial charge is 0.494 e. The van der Waals surface area contributed by atoms with Gasteiger partial charge in [0.05, 0.1) is 17.4 Å². The molecule has 46 heavy (non-hydrogen) atoms. The highest BCUT2D eigenvalue weighted by molar-refractivity contribution is 7.99. The van der Waals surface area contributed by atoms with E-state index in [9.17, 15) is 9.59 Å². The van der Waals surface area contributed by atoms with E-state index in [1.807, 2.05) is 74.4 Å².